The zero-order valence-corrected chi connectivity index (χ0v) is 18.7. The predicted octanol–water partition coefficient (Wildman–Crippen LogP) is 8.47. The fourth-order valence-corrected chi connectivity index (χ4v) is 4.03. The van der Waals surface area contributed by atoms with Gasteiger partial charge in [0.25, 0.3) is 0 Å². The monoisotopic (exact) mass is 596 g/mol. The van der Waals surface area contributed by atoms with E-state index in [-0.39, 0.29) is 0 Å². The van der Waals surface area contributed by atoms with E-state index in [1.165, 1.54) is 0 Å². The minimum Gasteiger partial charge on any atom is -0.203 e. The Morgan fingerprint density at radius 3 is 1.10 bits per heavy atom. The Bertz CT molecular complexity index is 1690. The predicted molar refractivity (Wildman–Crippen MR) is 105 cm³/mol. The summed E-state index contributed by atoms with van der Waals surface area (Å²) in [4.78, 5) is -1.66. The molecule has 0 aromatic heterocycles. The van der Waals surface area contributed by atoms with E-state index in [9.17, 15) is 57.1 Å². The maximum absolute atomic E-state index is 15.2. The molecule has 0 aliphatic rings. The first-order valence-electron chi connectivity index (χ1n) is 9.77. The van der Waals surface area contributed by atoms with Crippen LogP contribution in [0.25, 0.3) is 21.9 Å². The highest BCUT2D eigenvalue weighted by molar-refractivity contribution is 7.80. The summed E-state index contributed by atoms with van der Waals surface area (Å²) in [7, 11) is 0. The Morgan fingerprint density at radius 2 is 0.641 bits per heavy atom. The second-order valence-corrected chi connectivity index (χ2v) is 8.14. The van der Waals surface area contributed by atoms with Crippen molar-refractivity contribution < 1.29 is 65.9 Å². The van der Waals surface area contributed by atoms with Gasteiger partial charge < -0.3 is 0 Å². The van der Waals surface area contributed by atoms with Crippen LogP contribution in [0.2, 0.25) is 0 Å². The molecule has 4 aromatic rings. The van der Waals surface area contributed by atoms with Crippen LogP contribution in [0.1, 0.15) is 11.1 Å². The van der Waals surface area contributed by atoms with Crippen LogP contribution in [0.15, 0.2) is 4.90 Å². The Hall–Kier alpha value is -3.56. The Balaban J connectivity index is 2.26. The highest BCUT2D eigenvalue weighted by Gasteiger charge is 2.36. The van der Waals surface area contributed by atoms with Gasteiger partial charge in [0.1, 0.15) is 0 Å². The van der Waals surface area contributed by atoms with Crippen molar-refractivity contribution in [2.75, 3.05) is 0 Å². The molecule has 0 N–H and O–H groups in total. The molecule has 0 aliphatic carbocycles. The van der Waals surface area contributed by atoms with Gasteiger partial charge in [-0.25, -0.2) is 65.9 Å². The molecule has 0 bridgehead atoms. The second kappa shape index (κ2) is 9.57. The molecule has 16 heteroatoms. The van der Waals surface area contributed by atoms with E-state index < -0.39 is 132 Å². The number of fused-ring (bicyclic) bond motifs is 1. The molecule has 4 aromatic carbocycles. The first-order chi connectivity index (χ1) is 18.1. The first kappa shape index (κ1) is 28.4. The SMILES string of the molecule is Fc1c(F)c(F)c(Cc2c(F)c(F)c(-c3c(F)c(F)c(S)c(F)c3F)c3c(F)c(F)c(F)c(F)c23)c(F)c1F. The van der Waals surface area contributed by atoms with Gasteiger partial charge in [0.15, 0.2) is 81.4 Å². The average molecular weight is 596 g/mol. The lowest BCUT2D eigenvalue weighted by molar-refractivity contribution is 0.371. The molecular weight excluding hydrogens is 593 g/mol. The Morgan fingerprint density at radius 1 is 0.308 bits per heavy atom. The van der Waals surface area contributed by atoms with E-state index in [1.54, 1.807) is 0 Å². The summed E-state index contributed by atoms with van der Waals surface area (Å²) in [6, 6.07) is 0. The van der Waals surface area contributed by atoms with Crippen LogP contribution in [0.5, 0.6) is 0 Å². The summed E-state index contributed by atoms with van der Waals surface area (Å²) < 4.78 is 215. The van der Waals surface area contributed by atoms with Gasteiger partial charge >= 0.3 is 0 Å². The van der Waals surface area contributed by atoms with Crippen molar-refractivity contribution >= 4 is 23.4 Å². The third kappa shape index (κ3) is 3.90. The van der Waals surface area contributed by atoms with Gasteiger partial charge in [0.2, 0.25) is 5.82 Å². The van der Waals surface area contributed by atoms with Crippen LogP contribution >= 0.6 is 12.6 Å². The number of halogens is 15. The normalized spacial score (nSPS) is 11.7. The van der Waals surface area contributed by atoms with Crippen LogP contribution in [-0.2, 0) is 6.42 Å². The van der Waals surface area contributed by atoms with Crippen molar-refractivity contribution in [3.05, 3.63) is 98.4 Å². The van der Waals surface area contributed by atoms with Crippen molar-refractivity contribution in [3.8, 4) is 11.1 Å². The molecule has 0 saturated carbocycles. The van der Waals surface area contributed by atoms with Gasteiger partial charge in [-0.3, -0.25) is 0 Å². The molecule has 0 spiro atoms. The summed E-state index contributed by atoms with van der Waals surface area (Å²) in [6.07, 6.45) is -2.07. The lowest BCUT2D eigenvalue weighted by Crippen LogP contribution is -2.13. The lowest BCUT2D eigenvalue weighted by atomic mass is 9.89. The van der Waals surface area contributed by atoms with Crippen LogP contribution in [0.3, 0.4) is 0 Å². The highest BCUT2D eigenvalue weighted by Crippen LogP contribution is 2.44. The Labute approximate surface area is 210 Å². The molecule has 0 atom stereocenters. The van der Waals surface area contributed by atoms with E-state index in [0.717, 1.165) is 0 Å². The molecule has 0 radical (unpaired) electrons. The van der Waals surface area contributed by atoms with Crippen LogP contribution in [0.4, 0.5) is 65.9 Å². The van der Waals surface area contributed by atoms with Crippen molar-refractivity contribution in [2.45, 2.75) is 11.3 Å². The number of hydrogen-bond donors (Lipinski definition) is 1. The number of benzene rings is 4. The fraction of sp³-hybridized carbons (Fsp3) is 0.0435. The van der Waals surface area contributed by atoms with Crippen molar-refractivity contribution in [1.82, 2.24) is 0 Å². The fourth-order valence-electron chi connectivity index (χ4n) is 3.83. The molecule has 0 aliphatic heterocycles. The number of hydrogen-bond acceptors (Lipinski definition) is 1. The maximum Gasteiger partial charge on any atom is 0.200 e. The highest BCUT2D eigenvalue weighted by atomic mass is 32.1. The van der Waals surface area contributed by atoms with Crippen LogP contribution < -0.4 is 0 Å². The van der Waals surface area contributed by atoms with Crippen molar-refractivity contribution in [1.29, 1.82) is 0 Å². The standard InChI is InChI=1S/C23H3F15S/c24-8-2(1-3-9(25)16(32)20(36)17(33)10(3)26)4-5(13(29)19(35)18(34)11(4)27)6(12(8)28)7-14(30)21(37)23(39)22(38)15(7)31/h39H,1H2. The van der Waals surface area contributed by atoms with Gasteiger partial charge in [-0.05, 0) is 0 Å². The summed E-state index contributed by atoms with van der Waals surface area (Å²) in [5.41, 5.74) is -8.51. The molecule has 0 amide bonds. The largest absolute Gasteiger partial charge is 0.203 e. The quantitative estimate of drug-likeness (QED) is 0.104. The van der Waals surface area contributed by atoms with E-state index in [2.05, 4.69) is 12.6 Å². The third-order valence-electron chi connectivity index (χ3n) is 5.64. The smallest absolute Gasteiger partial charge is 0.200 e. The summed E-state index contributed by atoms with van der Waals surface area (Å²) in [5.74, 6) is -39.8. The minimum absolute atomic E-state index is 1.66. The Kier molecular flexibility index (Phi) is 6.98. The molecule has 39 heavy (non-hydrogen) atoms. The summed E-state index contributed by atoms with van der Waals surface area (Å²) in [6.45, 7) is 0. The van der Waals surface area contributed by atoms with Gasteiger partial charge in [0, 0.05) is 33.9 Å². The third-order valence-corrected chi connectivity index (χ3v) is 6.03. The molecular formula is C23H3F15S. The average Bonchev–Trinajstić information content (AvgIpc) is 2.91. The molecule has 0 heterocycles. The minimum atomic E-state index is -2.83. The maximum atomic E-state index is 15.2. The molecule has 0 fully saturated rings. The number of thiol groups is 1. The zero-order chi connectivity index (χ0) is 29.4. The van der Waals surface area contributed by atoms with Gasteiger partial charge in [0.05, 0.1) is 10.5 Å². The first-order valence-corrected chi connectivity index (χ1v) is 10.2. The van der Waals surface area contributed by atoms with Gasteiger partial charge in [-0.2, -0.15) is 0 Å². The summed E-state index contributed by atoms with van der Waals surface area (Å²) >= 11 is 3.11. The number of rotatable bonds is 3. The van der Waals surface area contributed by atoms with Crippen molar-refractivity contribution in [2.24, 2.45) is 0 Å². The van der Waals surface area contributed by atoms with E-state index >= 15 is 8.78 Å². The molecule has 206 valence electrons. The molecule has 0 nitrogen and oxygen atoms in total. The van der Waals surface area contributed by atoms with E-state index in [0.29, 0.717) is 0 Å². The summed E-state index contributed by atoms with van der Waals surface area (Å²) in [5, 5.41) is -4.20. The van der Waals surface area contributed by atoms with Gasteiger partial charge in [-0.1, -0.05) is 0 Å². The van der Waals surface area contributed by atoms with E-state index in [1.807, 2.05) is 0 Å². The van der Waals surface area contributed by atoms with Crippen molar-refractivity contribution in [3.63, 3.8) is 0 Å². The topological polar surface area (TPSA) is 0 Å². The lowest BCUT2D eigenvalue weighted by Gasteiger charge is -2.19. The second-order valence-electron chi connectivity index (χ2n) is 7.69. The van der Waals surface area contributed by atoms with Gasteiger partial charge in [-0.15, -0.1) is 12.6 Å². The zero-order valence-electron chi connectivity index (χ0n) is 17.8. The van der Waals surface area contributed by atoms with Crippen LogP contribution in [-0.4, -0.2) is 0 Å². The molecule has 0 unspecified atom stereocenters. The van der Waals surface area contributed by atoms with E-state index in [4.69, 9.17) is 0 Å². The molecule has 0 saturated heterocycles. The molecule has 4 rings (SSSR count). The van der Waals surface area contributed by atoms with Crippen LogP contribution in [0, 0.1) is 87.3 Å².